The van der Waals surface area contributed by atoms with E-state index in [1.165, 1.54) is 6.26 Å². The van der Waals surface area contributed by atoms with Crippen molar-refractivity contribution in [3.63, 3.8) is 0 Å². The Labute approximate surface area is 173 Å². The van der Waals surface area contributed by atoms with E-state index in [4.69, 9.17) is 4.42 Å². The zero-order chi connectivity index (χ0) is 21.1. The maximum absolute atomic E-state index is 12.8. The van der Waals surface area contributed by atoms with E-state index in [0.29, 0.717) is 5.69 Å². The fourth-order valence-corrected chi connectivity index (χ4v) is 3.18. The summed E-state index contributed by atoms with van der Waals surface area (Å²) in [6.45, 7) is 3.74. The molecular weight excluding hydrogens is 380 g/mol. The summed E-state index contributed by atoms with van der Waals surface area (Å²) in [5, 5.41) is 5.60. The van der Waals surface area contributed by atoms with E-state index < -0.39 is 11.9 Å². The number of nitrogens with zero attached hydrogens (tertiary/aromatic N) is 1. The van der Waals surface area contributed by atoms with Gasteiger partial charge in [0.15, 0.2) is 5.76 Å². The van der Waals surface area contributed by atoms with Crippen LogP contribution in [0.15, 0.2) is 71.3 Å². The first-order valence-corrected chi connectivity index (χ1v) is 9.71. The van der Waals surface area contributed by atoms with Crippen LogP contribution >= 0.6 is 0 Å². The minimum Gasteiger partial charge on any atom is -0.459 e. The first-order chi connectivity index (χ1) is 14.5. The minimum absolute atomic E-state index is 0.0984. The van der Waals surface area contributed by atoms with Gasteiger partial charge < -0.3 is 20.0 Å². The van der Waals surface area contributed by atoms with Crippen LogP contribution in [0.4, 0.5) is 5.69 Å². The summed E-state index contributed by atoms with van der Waals surface area (Å²) < 4.78 is 5.10. The lowest BCUT2D eigenvalue weighted by Gasteiger charge is -2.21. The number of benzene rings is 2. The number of anilines is 1. The van der Waals surface area contributed by atoms with Crippen molar-refractivity contribution >= 4 is 28.5 Å². The number of carbonyl (C=O) groups is 2. The predicted molar refractivity (Wildman–Crippen MR) is 115 cm³/mol. The van der Waals surface area contributed by atoms with Crippen LogP contribution in [0.2, 0.25) is 0 Å². The van der Waals surface area contributed by atoms with Gasteiger partial charge in [0.1, 0.15) is 11.9 Å². The van der Waals surface area contributed by atoms with Gasteiger partial charge >= 0.3 is 0 Å². The molecule has 7 nitrogen and oxygen atoms in total. The van der Waals surface area contributed by atoms with E-state index in [9.17, 15) is 9.59 Å². The van der Waals surface area contributed by atoms with Crippen LogP contribution in [0.3, 0.4) is 0 Å². The topological polar surface area (TPSA) is 100 Å². The average Bonchev–Trinajstić information content (AvgIpc) is 3.42. The van der Waals surface area contributed by atoms with Gasteiger partial charge in [-0.25, -0.2) is 4.98 Å². The smallest absolute Gasteiger partial charge is 0.287 e. The number of nitrogens with one attached hydrogen (secondary N) is 3. The number of hydrogen-bond donors (Lipinski definition) is 3. The monoisotopic (exact) mass is 402 g/mol. The van der Waals surface area contributed by atoms with Crippen LogP contribution in [0.5, 0.6) is 0 Å². The number of para-hydroxylation sites is 2. The molecule has 2 heterocycles. The van der Waals surface area contributed by atoms with Crippen LogP contribution in [0, 0.1) is 5.92 Å². The molecule has 2 aromatic carbocycles. The molecule has 0 aliphatic rings. The summed E-state index contributed by atoms with van der Waals surface area (Å²) in [5.41, 5.74) is 3.42. The molecule has 7 heteroatoms. The summed E-state index contributed by atoms with van der Waals surface area (Å²) in [5.74, 6) is 0.123. The molecule has 2 amide bonds. The van der Waals surface area contributed by atoms with Gasteiger partial charge in [-0.15, -0.1) is 0 Å². The van der Waals surface area contributed by atoms with Gasteiger partial charge in [0.25, 0.3) is 5.91 Å². The minimum atomic E-state index is -0.697. The second-order valence-electron chi connectivity index (χ2n) is 7.34. The SMILES string of the molecule is CC(C)C(NC(=O)c1ccco1)C(=O)Nc1ccc(-c2nc3ccccc3[nH]2)cc1. The van der Waals surface area contributed by atoms with Crippen molar-refractivity contribution in [1.82, 2.24) is 15.3 Å². The molecule has 152 valence electrons. The molecule has 0 spiro atoms. The largest absolute Gasteiger partial charge is 0.459 e. The third kappa shape index (κ3) is 4.10. The molecule has 0 aliphatic carbocycles. The number of H-pyrrole nitrogens is 1. The third-order valence-electron chi connectivity index (χ3n) is 4.80. The number of imidazole rings is 1. The van der Waals surface area contributed by atoms with Crippen molar-refractivity contribution in [2.75, 3.05) is 5.32 Å². The van der Waals surface area contributed by atoms with Crippen molar-refractivity contribution in [1.29, 1.82) is 0 Å². The first-order valence-electron chi connectivity index (χ1n) is 9.71. The molecule has 1 atom stereocenters. The number of aromatic amines is 1. The number of amides is 2. The van der Waals surface area contributed by atoms with Crippen molar-refractivity contribution in [2.24, 2.45) is 5.92 Å². The lowest BCUT2D eigenvalue weighted by molar-refractivity contribution is -0.118. The Morgan fingerprint density at radius 3 is 2.43 bits per heavy atom. The summed E-state index contributed by atoms with van der Waals surface area (Å²) in [4.78, 5) is 32.9. The van der Waals surface area contributed by atoms with Crippen molar-refractivity contribution in [3.05, 3.63) is 72.7 Å². The second kappa shape index (κ2) is 8.24. The van der Waals surface area contributed by atoms with Gasteiger partial charge in [0.2, 0.25) is 5.91 Å². The molecule has 3 N–H and O–H groups in total. The molecule has 0 aliphatic heterocycles. The molecule has 2 aromatic heterocycles. The molecule has 0 fully saturated rings. The highest BCUT2D eigenvalue weighted by molar-refractivity contribution is 6.00. The Balaban J connectivity index is 1.45. The molecule has 1 unspecified atom stereocenters. The van der Waals surface area contributed by atoms with Gasteiger partial charge in [-0.3, -0.25) is 9.59 Å². The number of furan rings is 1. The molecule has 4 rings (SSSR count). The van der Waals surface area contributed by atoms with Crippen LogP contribution in [0.25, 0.3) is 22.4 Å². The Kier molecular flexibility index (Phi) is 5.34. The Morgan fingerprint density at radius 1 is 1.00 bits per heavy atom. The maximum Gasteiger partial charge on any atom is 0.287 e. The molecular formula is C23H22N4O3. The van der Waals surface area contributed by atoms with E-state index >= 15 is 0 Å². The maximum atomic E-state index is 12.8. The number of carbonyl (C=O) groups excluding carboxylic acids is 2. The number of rotatable bonds is 6. The average molecular weight is 402 g/mol. The zero-order valence-electron chi connectivity index (χ0n) is 16.7. The highest BCUT2D eigenvalue weighted by atomic mass is 16.3. The van der Waals surface area contributed by atoms with Crippen molar-refractivity contribution in [3.8, 4) is 11.4 Å². The molecule has 0 radical (unpaired) electrons. The number of hydrogen-bond acceptors (Lipinski definition) is 4. The summed E-state index contributed by atoms with van der Waals surface area (Å²) in [6, 6.07) is 17.7. The fraction of sp³-hybridized carbons (Fsp3) is 0.174. The van der Waals surface area contributed by atoms with Gasteiger partial charge in [0.05, 0.1) is 17.3 Å². The predicted octanol–water partition coefficient (Wildman–Crippen LogP) is 4.22. The molecule has 4 aromatic rings. The zero-order valence-corrected chi connectivity index (χ0v) is 16.7. The quantitative estimate of drug-likeness (QED) is 0.450. The van der Waals surface area contributed by atoms with E-state index in [1.54, 1.807) is 12.1 Å². The fourth-order valence-electron chi connectivity index (χ4n) is 3.18. The van der Waals surface area contributed by atoms with Gasteiger partial charge in [-0.1, -0.05) is 26.0 Å². The Hall–Kier alpha value is -3.87. The molecule has 30 heavy (non-hydrogen) atoms. The molecule has 0 bridgehead atoms. The van der Waals surface area contributed by atoms with Crippen LogP contribution in [-0.4, -0.2) is 27.8 Å². The molecule has 0 saturated carbocycles. The second-order valence-corrected chi connectivity index (χ2v) is 7.34. The van der Waals surface area contributed by atoms with Crippen LogP contribution < -0.4 is 10.6 Å². The van der Waals surface area contributed by atoms with Crippen LogP contribution in [0.1, 0.15) is 24.4 Å². The van der Waals surface area contributed by atoms with E-state index in [-0.39, 0.29) is 17.6 Å². The highest BCUT2D eigenvalue weighted by Crippen LogP contribution is 2.22. The van der Waals surface area contributed by atoms with Gasteiger partial charge in [-0.2, -0.15) is 0 Å². The lowest BCUT2D eigenvalue weighted by Crippen LogP contribution is -2.47. The summed E-state index contributed by atoms with van der Waals surface area (Å²) >= 11 is 0. The van der Waals surface area contributed by atoms with E-state index in [2.05, 4.69) is 20.6 Å². The summed E-state index contributed by atoms with van der Waals surface area (Å²) in [7, 11) is 0. The van der Waals surface area contributed by atoms with Crippen LogP contribution in [-0.2, 0) is 4.79 Å². The van der Waals surface area contributed by atoms with Gasteiger partial charge in [0, 0.05) is 11.3 Å². The first kappa shape index (κ1) is 19.4. The highest BCUT2D eigenvalue weighted by Gasteiger charge is 2.25. The third-order valence-corrected chi connectivity index (χ3v) is 4.80. The Bertz CT molecular complexity index is 1130. The normalized spacial score (nSPS) is 12.1. The van der Waals surface area contributed by atoms with E-state index in [0.717, 1.165) is 22.4 Å². The van der Waals surface area contributed by atoms with Gasteiger partial charge in [-0.05, 0) is 54.4 Å². The van der Waals surface area contributed by atoms with E-state index in [1.807, 2.05) is 62.4 Å². The van der Waals surface area contributed by atoms with Crippen molar-refractivity contribution < 1.29 is 14.0 Å². The lowest BCUT2D eigenvalue weighted by atomic mass is 10.0. The van der Waals surface area contributed by atoms with Crippen molar-refractivity contribution in [2.45, 2.75) is 19.9 Å². The summed E-state index contributed by atoms with van der Waals surface area (Å²) in [6.07, 6.45) is 1.42. The number of aromatic nitrogens is 2. The number of fused-ring (bicyclic) bond motifs is 1. The molecule has 0 saturated heterocycles. The Morgan fingerprint density at radius 2 is 1.77 bits per heavy atom. The standard InChI is InChI=1S/C23H22N4O3/c1-14(2)20(27-22(28)19-8-5-13-30-19)23(29)24-16-11-9-15(10-12-16)21-25-17-6-3-4-7-18(17)26-21/h3-14,20H,1-2H3,(H,24,29)(H,25,26)(H,27,28).